The van der Waals surface area contributed by atoms with Gasteiger partial charge in [0.2, 0.25) is 0 Å². The van der Waals surface area contributed by atoms with Gasteiger partial charge < -0.3 is 4.74 Å². The zero-order chi connectivity index (χ0) is 24.8. The molecule has 1 unspecified atom stereocenters. The third-order valence-corrected chi connectivity index (χ3v) is 4.71. The van der Waals surface area contributed by atoms with Crippen molar-refractivity contribution in [3.8, 4) is 0 Å². The van der Waals surface area contributed by atoms with Gasteiger partial charge in [-0.2, -0.15) is 0 Å². The maximum absolute atomic E-state index is 12.1. The minimum atomic E-state index is -1.34. The molecule has 32 heavy (non-hydrogen) atoms. The average Bonchev–Trinajstić information content (AvgIpc) is 2.76. The monoisotopic (exact) mass is 470 g/mol. The molecule has 1 aromatic rings. The smallest absolute Gasteiger partial charge is 0.425 e. The molecule has 0 N–H and O–H groups in total. The van der Waals surface area contributed by atoms with Gasteiger partial charge in [-0.1, -0.05) is 50.6 Å². The van der Waals surface area contributed by atoms with Crippen LogP contribution >= 0.6 is 11.8 Å². The first-order chi connectivity index (χ1) is 15.1. The Balaban J connectivity index is 0.00000466. The Bertz CT molecular complexity index is 828. The van der Waals surface area contributed by atoms with Gasteiger partial charge in [0, 0.05) is 31.6 Å². The van der Waals surface area contributed by atoms with Crippen LogP contribution in [0.4, 0.5) is 10.5 Å². The molecule has 1 atom stereocenters. The third-order valence-electron chi connectivity index (χ3n) is 3.83. The van der Waals surface area contributed by atoms with E-state index >= 15 is 0 Å². The Morgan fingerprint density at radius 1 is 1.16 bits per heavy atom. The summed E-state index contributed by atoms with van der Waals surface area (Å²) in [6, 6.07) is 4.23. The largest absolute Gasteiger partial charge is 0.534 e. The summed E-state index contributed by atoms with van der Waals surface area (Å²) in [5, 5.41) is 11.6. The number of imide groups is 1. The maximum atomic E-state index is 12.1. The standard InChI is InChI=1S/C19H24N2O8S.C2H6/c1-5-7-18(24)20(17(23)6-2)29-19(25)28-12(3)15-10-14(11-30-13(4)22)8-9-16(15)21(26)27;1-2/h8-10,12H,5-7,11H2,1-4H3;1-2H3. The second-order valence-electron chi connectivity index (χ2n) is 6.22. The Morgan fingerprint density at radius 2 is 1.78 bits per heavy atom. The number of benzene rings is 1. The molecule has 1 rings (SSSR count). The number of carbonyl (C=O) groups is 4. The number of nitrogens with zero attached hydrogens (tertiary/aromatic N) is 2. The summed E-state index contributed by atoms with van der Waals surface area (Å²) < 4.78 is 5.08. The van der Waals surface area contributed by atoms with Gasteiger partial charge in [-0.05, 0) is 25.0 Å². The minimum absolute atomic E-state index is 0.00406. The minimum Gasteiger partial charge on any atom is -0.425 e. The molecule has 0 saturated heterocycles. The van der Waals surface area contributed by atoms with Crippen LogP contribution in [0.1, 0.15) is 78.0 Å². The van der Waals surface area contributed by atoms with E-state index in [0.29, 0.717) is 22.8 Å². The third kappa shape index (κ3) is 9.46. The van der Waals surface area contributed by atoms with Crippen molar-refractivity contribution >= 4 is 40.5 Å². The summed E-state index contributed by atoms with van der Waals surface area (Å²) in [6.45, 7) is 10.0. The van der Waals surface area contributed by atoms with Gasteiger partial charge in [0.25, 0.3) is 17.5 Å². The molecule has 0 bridgehead atoms. The highest BCUT2D eigenvalue weighted by molar-refractivity contribution is 8.12. The molecule has 0 fully saturated rings. The van der Waals surface area contributed by atoms with Gasteiger partial charge in [-0.15, -0.1) is 0 Å². The number of amides is 2. The highest BCUT2D eigenvalue weighted by Gasteiger charge is 2.28. The number of carbonyl (C=O) groups excluding carboxylic acids is 4. The van der Waals surface area contributed by atoms with E-state index < -0.39 is 29.0 Å². The van der Waals surface area contributed by atoms with Crippen molar-refractivity contribution in [3.63, 3.8) is 0 Å². The highest BCUT2D eigenvalue weighted by Crippen LogP contribution is 2.30. The first-order valence-corrected chi connectivity index (χ1v) is 11.2. The predicted octanol–water partition coefficient (Wildman–Crippen LogP) is 5.10. The summed E-state index contributed by atoms with van der Waals surface area (Å²) in [7, 11) is 0. The fraction of sp³-hybridized carbons (Fsp3) is 0.524. The normalized spacial score (nSPS) is 10.8. The summed E-state index contributed by atoms with van der Waals surface area (Å²) in [5.41, 5.74) is 0.433. The average molecular weight is 471 g/mol. The van der Waals surface area contributed by atoms with E-state index in [0.717, 1.165) is 11.8 Å². The van der Waals surface area contributed by atoms with Crippen LogP contribution in [-0.4, -0.2) is 33.1 Å². The quantitative estimate of drug-likeness (QED) is 0.289. The van der Waals surface area contributed by atoms with E-state index in [1.54, 1.807) is 6.92 Å². The lowest BCUT2D eigenvalue weighted by Gasteiger charge is -2.20. The molecular weight excluding hydrogens is 440 g/mol. The van der Waals surface area contributed by atoms with Gasteiger partial charge in [0.1, 0.15) is 6.10 Å². The van der Waals surface area contributed by atoms with Crippen molar-refractivity contribution in [2.24, 2.45) is 0 Å². The van der Waals surface area contributed by atoms with Crippen molar-refractivity contribution in [2.75, 3.05) is 0 Å². The SMILES string of the molecule is CC.CCCC(=O)N(OC(=O)OC(C)c1cc(CSC(C)=O)ccc1[N+](=O)[O-])C(=O)CC. The van der Waals surface area contributed by atoms with Crippen molar-refractivity contribution < 1.29 is 33.7 Å². The Kier molecular flexibility index (Phi) is 13.6. The number of hydroxylamine groups is 2. The van der Waals surface area contributed by atoms with Crippen molar-refractivity contribution in [1.82, 2.24) is 5.06 Å². The van der Waals surface area contributed by atoms with Crippen LogP contribution in [0.3, 0.4) is 0 Å². The lowest BCUT2D eigenvalue weighted by atomic mass is 10.1. The fourth-order valence-corrected chi connectivity index (χ4v) is 2.92. The van der Waals surface area contributed by atoms with Gasteiger partial charge >= 0.3 is 6.16 Å². The molecule has 0 heterocycles. The van der Waals surface area contributed by atoms with Crippen LogP contribution < -0.4 is 0 Å². The van der Waals surface area contributed by atoms with Crippen LogP contribution in [-0.2, 0) is 29.7 Å². The Hall–Kier alpha value is -2.95. The number of nitro benzene ring substituents is 1. The predicted molar refractivity (Wildman–Crippen MR) is 119 cm³/mol. The van der Waals surface area contributed by atoms with E-state index in [4.69, 9.17) is 9.57 Å². The van der Waals surface area contributed by atoms with Crippen molar-refractivity contribution in [2.45, 2.75) is 72.7 Å². The molecule has 0 spiro atoms. The number of thioether (sulfide) groups is 1. The van der Waals surface area contributed by atoms with Crippen LogP contribution in [0.25, 0.3) is 0 Å². The first-order valence-electron chi connectivity index (χ1n) is 10.3. The second-order valence-corrected chi connectivity index (χ2v) is 7.37. The highest BCUT2D eigenvalue weighted by atomic mass is 32.2. The van der Waals surface area contributed by atoms with E-state index in [1.807, 2.05) is 13.8 Å². The summed E-state index contributed by atoms with van der Waals surface area (Å²) in [6.07, 6.45) is -2.08. The summed E-state index contributed by atoms with van der Waals surface area (Å²) in [5.74, 6) is -1.11. The summed E-state index contributed by atoms with van der Waals surface area (Å²) >= 11 is 1.03. The van der Waals surface area contributed by atoms with E-state index in [2.05, 4.69) is 0 Å². The lowest BCUT2D eigenvalue weighted by Crippen LogP contribution is -2.38. The molecule has 0 aliphatic heterocycles. The zero-order valence-electron chi connectivity index (χ0n) is 19.2. The molecule has 178 valence electrons. The molecular formula is C21H30N2O8S. The van der Waals surface area contributed by atoms with Crippen molar-refractivity contribution in [1.29, 1.82) is 0 Å². The van der Waals surface area contributed by atoms with Crippen molar-refractivity contribution in [3.05, 3.63) is 39.4 Å². The van der Waals surface area contributed by atoms with E-state index in [9.17, 15) is 29.3 Å². The summed E-state index contributed by atoms with van der Waals surface area (Å²) in [4.78, 5) is 62.7. The van der Waals surface area contributed by atoms with Crippen LogP contribution in [0.5, 0.6) is 0 Å². The van der Waals surface area contributed by atoms with E-state index in [-0.39, 0.29) is 29.2 Å². The molecule has 10 nitrogen and oxygen atoms in total. The van der Waals surface area contributed by atoms with Gasteiger partial charge in [0.05, 0.1) is 10.5 Å². The van der Waals surface area contributed by atoms with Crippen LogP contribution in [0.15, 0.2) is 18.2 Å². The second kappa shape index (κ2) is 15.0. The topological polar surface area (TPSA) is 133 Å². The molecule has 0 aliphatic carbocycles. The molecule has 0 radical (unpaired) electrons. The Labute approximate surface area is 191 Å². The molecule has 0 aliphatic rings. The molecule has 0 aromatic heterocycles. The van der Waals surface area contributed by atoms with Gasteiger partial charge in [0.15, 0.2) is 5.12 Å². The fourth-order valence-electron chi connectivity index (χ4n) is 2.37. The molecule has 2 amide bonds. The molecule has 1 aromatic carbocycles. The maximum Gasteiger partial charge on any atom is 0.534 e. The Morgan fingerprint density at radius 3 is 2.28 bits per heavy atom. The molecule has 0 saturated carbocycles. The lowest BCUT2D eigenvalue weighted by molar-refractivity contribution is -0.386. The molecule has 11 heteroatoms. The van der Waals surface area contributed by atoms with Gasteiger partial charge in [-0.3, -0.25) is 29.3 Å². The van der Waals surface area contributed by atoms with Gasteiger partial charge in [-0.25, -0.2) is 4.79 Å². The van der Waals surface area contributed by atoms with E-state index in [1.165, 1.54) is 39.0 Å². The number of nitro groups is 1. The van der Waals surface area contributed by atoms with Crippen LogP contribution in [0.2, 0.25) is 0 Å². The zero-order valence-corrected chi connectivity index (χ0v) is 20.0. The number of hydrogen-bond donors (Lipinski definition) is 0. The number of ether oxygens (including phenoxy) is 1. The number of hydrogen-bond acceptors (Lipinski definition) is 9. The number of rotatable bonds is 8. The van der Waals surface area contributed by atoms with Crippen LogP contribution in [0, 0.1) is 10.1 Å². The first kappa shape index (κ1) is 29.1.